The van der Waals surface area contributed by atoms with Gasteiger partial charge in [0.1, 0.15) is 0 Å². The summed E-state index contributed by atoms with van der Waals surface area (Å²) < 4.78 is 7.55. The Morgan fingerprint density at radius 1 is 1.50 bits per heavy atom. The minimum absolute atomic E-state index is 0.0255. The Morgan fingerprint density at radius 2 is 2.36 bits per heavy atom. The van der Waals surface area contributed by atoms with Crippen LogP contribution in [0.4, 0.5) is 0 Å². The number of aliphatic hydroxyl groups excluding tert-OH is 1. The topological polar surface area (TPSA) is 70.8 Å². The van der Waals surface area contributed by atoms with Crippen molar-refractivity contribution in [2.45, 2.75) is 26.3 Å². The molecule has 0 radical (unpaired) electrons. The van der Waals surface area contributed by atoms with Crippen molar-refractivity contribution in [1.82, 2.24) is 15.2 Å². The lowest BCUT2D eigenvalue weighted by Gasteiger charge is -2.27. The molecule has 2 heterocycles. The molecule has 2 rings (SSSR count). The van der Waals surface area contributed by atoms with Crippen molar-refractivity contribution in [3.63, 3.8) is 0 Å². The van der Waals surface area contributed by atoms with Crippen LogP contribution in [-0.2, 0) is 18.3 Å². The smallest absolute Gasteiger partial charge is 0.191 e. The van der Waals surface area contributed by atoms with Crippen molar-refractivity contribution in [2.75, 3.05) is 32.9 Å². The molecule has 1 atom stereocenters. The van der Waals surface area contributed by atoms with Crippen LogP contribution in [0.25, 0.3) is 0 Å². The fourth-order valence-electron chi connectivity index (χ4n) is 2.75. The number of ether oxygens (including phenoxy) is 1. The summed E-state index contributed by atoms with van der Waals surface area (Å²) in [5, 5.41) is 16.0. The third-order valence-corrected chi connectivity index (χ3v) is 4.12. The largest absolute Gasteiger partial charge is 0.396 e. The highest BCUT2D eigenvalue weighted by Crippen LogP contribution is 2.31. The standard InChI is InChI=1S/C16H28N4O2/c1-3-17-15(18-10-14-4-7-20(2)11-14)19-12-16(5-8-21)6-9-22-13-16/h4,7,11,21H,3,5-6,8-10,12-13H2,1-2H3,(H2,17,18,19). The zero-order chi connectivity index (χ0) is 15.8. The molecule has 1 aliphatic heterocycles. The average molecular weight is 308 g/mol. The summed E-state index contributed by atoms with van der Waals surface area (Å²) in [6.45, 7) is 5.99. The first-order chi connectivity index (χ1) is 10.7. The van der Waals surface area contributed by atoms with Gasteiger partial charge in [-0.15, -0.1) is 0 Å². The molecule has 124 valence electrons. The Balaban J connectivity index is 1.92. The fraction of sp³-hybridized carbons (Fsp3) is 0.688. The van der Waals surface area contributed by atoms with Gasteiger partial charge in [0.15, 0.2) is 5.96 Å². The van der Waals surface area contributed by atoms with Crippen LogP contribution in [0, 0.1) is 5.41 Å². The van der Waals surface area contributed by atoms with Crippen molar-refractivity contribution >= 4 is 5.96 Å². The van der Waals surface area contributed by atoms with Gasteiger partial charge in [-0.3, -0.25) is 0 Å². The van der Waals surface area contributed by atoms with Crippen LogP contribution < -0.4 is 10.6 Å². The summed E-state index contributed by atoms with van der Waals surface area (Å²) in [6, 6.07) is 2.07. The number of aromatic nitrogens is 1. The van der Waals surface area contributed by atoms with Crippen molar-refractivity contribution in [3.8, 4) is 0 Å². The Morgan fingerprint density at radius 3 is 2.95 bits per heavy atom. The first-order valence-electron chi connectivity index (χ1n) is 7.99. The molecular weight excluding hydrogens is 280 g/mol. The zero-order valence-corrected chi connectivity index (χ0v) is 13.6. The zero-order valence-electron chi connectivity index (χ0n) is 13.6. The van der Waals surface area contributed by atoms with Gasteiger partial charge in [-0.1, -0.05) is 0 Å². The summed E-state index contributed by atoms with van der Waals surface area (Å²) in [4.78, 5) is 4.63. The number of hydrogen-bond acceptors (Lipinski definition) is 3. The number of aliphatic imine (C=N–C) groups is 1. The van der Waals surface area contributed by atoms with E-state index in [1.807, 2.05) is 17.8 Å². The second-order valence-corrected chi connectivity index (χ2v) is 6.01. The minimum atomic E-state index is 0.0255. The summed E-state index contributed by atoms with van der Waals surface area (Å²) in [6.07, 6.45) is 5.85. The van der Waals surface area contributed by atoms with Gasteiger partial charge in [0.05, 0.1) is 13.2 Å². The van der Waals surface area contributed by atoms with E-state index in [9.17, 15) is 5.11 Å². The van der Waals surface area contributed by atoms with Gasteiger partial charge in [-0.25, -0.2) is 4.99 Å². The number of hydrogen-bond donors (Lipinski definition) is 3. The summed E-state index contributed by atoms with van der Waals surface area (Å²) >= 11 is 0. The molecule has 1 aliphatic rings. The molecule has 1 aromatic heterocycles. The van der Waals surface area contributed by atoms with Gasteiger partial charge in [0, 0.05) is 51.2 Å². The van der Waals surface area contributed by atoms with Crippen LogP contribution in [0.5, 0.6) is 0 Å². The van der Waals surface area contributed by atoms with Gasteiger partial charge in [0.25, 0.3) is 0 Å². The lowest BCUT2D eigenvalue weighted by molar-refractivity contribution is 0.127. The van der Waals surface area contributed by atoms with Crippen LogP contribution in [0.1, 0.15) is 25.3 Å². The molecule has 0 aliphatic carbocycles. The number of guanidine groups is 1. The number of rotatable bonds is 7. The molecule has 1 unspecified atom stereocenters. The summed E-state index contributed by atoms with van der Waals surface area (Å²) in [5.74, 6) is 0.815. The average Bonchev–Trinajstić information content (AvgIpc) is 3.12. The van der Waals surface area contributed by atoms with Crippen LogP contribution in [-0.4, -0.2) is 48.5 Å². The molecule has 0 saturated carbocycles. The Hall–Kier alpha value is -1.53. The monoisotopic (exact) mass is 308 g/mol. The van der Waals surface area contributed by atoms with Crippen molar-refractivity contribution < 1.29 is 9.84 Å². The number of nitrogens with one attached hydrogen (secondary N) is 2. The molecule has 1 saturated heterocycles. The van der Waals surface area contributed by atoms with Gasteiger partial charge in [0.2, 0.25) is 0 Å². The van der Waals surface area contributed by atoms with E-state index in [-0.39, 0.29) is 12.0 Å². The highest BCUT2D eigenvalue weighted by atomic mass is 16.5. The third kappa shape index (κ3) is 4.74. The molecule has 1 aromatic rings. The molecule has 1 fully saturated rings. The lowest BCUT2D eigenvalue weighted by Crippen LogP contribution is -2.44. The highest BCUT2D eigenvalue weighted by Gasteiger charge is 2.34. The quantitative estimate of drug-likeness (QED) is 0.516. The predicted molar refractivity (Wildman–Crippen MR) is 87.8 cm³/mol. The number of aliphatic hydroxyl groups is 1. The van der Waals surface area contributed by atoms with E-state index in [4.69, 9.17) is 4.74 Å². The van der Waals surface area contributed by atoms with E-state index in [1.54, 1.807) is 0 Å². The number of aryl methyl sites for hydroxylation is 1. The van der Waals surface area contributed by atoms with Gasteiger partial charge in [-0.05, 0) is 31.4 Å². The second-order valence-electron chi connectivity index (χ2n) is 6.01. The second kappa shape index (κ2) is 8.19. The van der Waals surface area contributed by atoms with E-state index in [0.29, 0.717) is 13.2 Å². The minimum Gasteiger partial charge on any atom is -0.396 e. The van der Waals surface area contributed by atoms with Crippen LogP contribution >= 0.6 is 0 Å². The van der Waals surface area contributed by atoms with E-state index in [1.165, 1.54) is 5.56 Å². The van der Waals surface area contributed by atoms with Crippen molar-refractivity contribution in [1.29, 1.82) is 0 Å². The SMILES string of the molecule is CCNC(=NCc1ccn(C)c1)NCC1(CCO)CCOC1. The van der Waals surface area contributed by atoms with Crippen molar-refractivity contribution in [2.24, 2.45) is 17.5 Å². The summed E-state index contributed by atoms with van der Waals surface area (Å²) in [7, 11) is 2.01. The molecule has 0 aromatic carbocycles. The predicted octanol–water partition coefficient (Wildman–Crippen LogP) is 0.869. The van der Waals surface area contributed by atoms with Crippen LogP contribution in [0.2, 0.25) is 0 Å². The Kier molecular flexibility index (Phi) is 6.27. The maximum absolute atomic E-state index is 9.28. The van der Waals surface area contributed by atoms with Gasteiger partial charge < -0.3 is 25.0 Å². The van der Waals surface area contributed by atoms with Crippen LogP contribution in [0.3, 0.4) is 0 Å². The number of nitrogens with zero attached hydrogens (tertiary/aromatic N) is 2. The third-order valence-electron chi connectivity index (χ3n) is 4.12. The molecular formula is C16H28N4O2. The molecule has 0 amide bonds. The fourth-order valence-corrected chi connectivity index (χ4v) is 2.75. The van der Waals surface area contributed by atoms with E-state index in [2.05, 4.69) is 34.8 Å². The molecule has 22 heavy (non-hydrogen) atoms. The Labute approximate surface area is 132 Å². The molecule has 6 heteroatoms. The summed E-state index contributed by atoms with van der Waals surface area (Å²) in [5.41, 5.74) is 1.21. The van der Waals surface area contributed by atoms with E-state index < -0.39 is 0 Å². The van der Waals surface area contributed by atoms with Crippen molar-refractivity contribution in [3.05, 3.63) is 24.0 Å². The van der Waals surface area contributed by atoms with Gasteiger partial charge >= 0.3 is 0 Å². The molecule has 6 nitrogen and oxygen atoms in total. The maximum atomic E-state index is 9.28. The van der Waals surface area contributed by atoms with Crippen LogP contribution in [0.15, 0.2) is 23.5 Å². The molecule has 0 spiro atoms. The molecule has 3 N–H and O–H groups in total. The van der Waals surface area contributed by atoms with E-state index >= 15 is 0 Å². The Bertz CT molecular complexity index is 478. The highest BCUT2D eigenvalue weighted by molar-refractivity contribution is 5.79. The first-order valence-corrected chi connectivity index (χ1v) is 7.99. The molecule has 0 bridgehead atoms. The lowest BCUT2D eigenvalue weighted by atomic mass is 9.84. The van der Waals surface area contributed by atoms with E-state index in [0.717, 1.165) is 38.5 Å². The maximum Gasteiger partial charge on any atom is 0.191 e. The first kappa shape index (κ1) is 16.8. The van der Waals surface area contributed by atoms with Gasteiger partial charge in [-0.2, -0.15) is 0 Å². The normalized spacial score (nSPS) is 22.0.